The average Bonchev–Trinajstić information content (AvgIpc) is 3.54. The number of rotatable bonds is 10. The number of carbonyl (C=O) groups excluding carboxylic acids is 1. The summed E-state index contributed by atoms with van der Waals surface area (Å²) in [5.41, 5.74) is 2.15. The first-order valence-corrected chi connectivity index (χ1v) is 14.8. The minimum absolute atomic E-state index is 0.0581. The van der Waals surface area contributed by atoms with Crippen LogP contribution < -0.4 is 20.1 Å². The monoisotopic (exact) mass is 644 g/mol. The van der Waals surface area contributed by atoms with Gasteiger partial charge >= 0.3 is 0 Å². The number of amides is 1. The number of hydrogen-bond donors (Lipinski definition) is 2. The fourth-order valence-electron chi connectivity index (χ4n) is 5.22. The number of aryl methyl sites for hydroxylation is 1. The van der Waals surface area contributed by atoms with Crippen LogP contribution in [0, 0.1) is 18.6 Å². The fraction of sp³-hybridized carbons (Fsp3) is 0.242. The standard InChI is InChI=1S/C33H31F3N8O3/c1-20-25(35)14-22(18-37-20)44-13-9-31(42-44)47-23-5-6-27(26(36)15-23)41-33-24-16-29(30(46-2)17-28(24)38-19-39-33)40-21-7-11-43(12-8-21)32(45)4-3-10-34/h3-6,9,13-19,21,40H,7-8,10-12H2,1-2H3,(H,38,39,41)/b4-3+. The Morgan fingerprint density at radius 2 is 1.87 bits per heavy atom. The molecule has 11 nitrogen and oxygen atoms in total. The molecular formula is C33H31F3N8O3. The molecule has 47 heavy (non-hydrogen) atoms. The summed E-state index contributed by atoms with van der Waals surface area (Å²) in [6.45, 7) is 1.96. The molecule has 0 radical (unpaired) electrons. The number of allylic oxidation sites excluding steroid dienone is 1. The first-order chi connectivity index (χ1) is 22.8. The summed E-state index contributed by atoms with van der Waals surface area (Å²) in [5, 5.41) is 11.5. The van der Waals surface area contributed by atoms with Crippen LogP contribution in [0.5, 0.6) is 17.4 Å². The second kappa shape index (κ2) is 13.8. The number of aromatic nitrogens is 5. The predicted molar refractivity (Wildman–Crippen MR) is 170 cm³/mol. The molecule has 0 bridgehead atoms. The van der Waals surface area contributed by atoms with E-state index in [1.165, 1.54) is 47.6 Å². The minimum atomic E-state index is -0.677. The van der Waals surface area contributed by atoms with Crippen molar-refractivity contribution < 1.29 is 27.4 Å². The van der Waals surface area contributed by atoms with E-state index < -0.39 is 18.3 Å². The third kappa shape index (κ3) is 7.11. The highest BCUT2D eigenvalue weighted by molar-refractivity contribution is 5.95. The van der Waals surface area contributed by atoms with E-state index in [-0.39, 0.29) is 35.0 Å². The zero-order chi connectivity index (χ0) is 32.9. The van der Waals surface area contributed by atoms with Crippen LogP contribution in [0.2, 0.25) is 0 Å². The normalized spacial score (nSPS) is 13.7. The summed E-state index contributed by atoms with van der Waals surface area (Å²) < 4.78 is 54.4. The number of nitrogens with zero attached hydrogens (tertiary/aromatic N) is 6. The SMILES string of the molecule is COc1cc2ncnc(Nc3ccc(Oc4ccn(-c5cnc(C)c(F)c5)n4)cc3F)c2cc1NC1CCN(C(=O)/C=C/CF)CC1. The Morgan fingerprint density at radius 3 is 2.62 bits per heavy atom. The van der Waals surface area contributed by atoms with Gasteiger partial charge in [-0.25, -0.2) is 27.8 Å². The van der Waals surface area contributed by atoms with Crippen LogP contribution in [0.25, 0.3) is 16.6 Å². The number of methoxy groups -OCH3 is 1. The summed E-state index contributed by atoms with van der Waals surface area (Å²) in [5.74, 6) is 0.108. The van der Waals surface area contributed by atoms with Gasteiger partial charge < -0.3 is 25.0 Å². The number of hydrogen-bond acceptors (Lipinski definition) is 9. The summed E-state index contributed by atoms with van der Waals surface area (Å²) in [6.07, 6.45) is 8.31. The topological polar surface area (TPSA) is 119 Å². The van der Waals surface area contributed by atoms with Gasteiger partial charge in [0, 0.05) is 61.1 Å². The van der Waals surface area contributed by atoms with Gasteiger partial charge in [-0.3, -0.25) is 9.78 Å². The molecule has 1 amide bonds. The van der Waals surface area contributed by atoms with Crippen LogP contribution in [-0.2, 0) is 4.79 Å². The van der Waals surface area contributed by atoms with E-state index in [1.807, 2.05) is 6.07 Å². The molecule has 2 aromatic carbocycles. The lowest BCUT2D eigenvalue weighted by molar-refractivity contribution is -0.126. The molecule has 1 aliphatic rings. The van der Waals surface area contributed by atoms with Gasteiger partial charge in [0.2, 0.25) is 11.8 Å². The third-order valence-electron chi connectivity index (χ3n) is 7.73. The van der Waals surface area contributed by atoms with Crippen LogP contribution in [0.1, 0.15) is 18.5 Å². The first kappa shape index (κ1) is 31.3. The second-order valence-corrected chi connectivity index (χ2v) is 10.8. The van der Waals surface area contributed by atoms with E-state index in [1.54, 1.807) is 43.3 Å². The average molecular weight is 645 g/mol. The summed E-state index contributed by atoms with van der Waals surface area (Å²) in [7, 11) is 1.56. The number of fused-ring (bicyclic) bond motifs is 1. The lowest BCUT2D eigenvalue weighted by Crippen LogP contribution is -2.41. The molecule has 6 rings (SSSR count). The van der Waals surface area contributed by atoms with Crippen molar-refractivity contribution >= 4 is 34.0 Å². The van der Waals surface area contributed by atoms with Gasteiger partial charge in [-0.1, -0.05) is 0 Å². The molecular weight excluding hydrogens is 613 g/mol. The first-order valence-electron chi connectivity index (χ1n) is 14.8. The Balaban J connectivity index is 1.16. The molecule has 14 heteroatoms. The quantitative estimate of drug-likeness (QED) is 0.170. The molecule has 242 valence electrons. The van der Waals surface area contributed by atoms with E-state index in [4.69, 9.17) is 9.47 Å². The van der Waals surface area contributed by atoms with E-state index in [2.05, 4.69) is 30.7 Å². The van der Waals surface area contributed by atoms with E-state index >= 15 is 4.39 Å². The molecule has 0 unspecified atom stereocenters. The Hall–Kier alpha value is -5.66. The van der Waals surface area contributed by atoms with Gasteiger partial charge in [0.25, 0.3) is 0 Å². The van der Waals surface area contributed by atoms with Crippen molar-refractivity contribution in [3.05, 3.63) is 90.7 Å². The Labute approximate surface area is 268 Å². The predicted octanol–water partition coefficient (Wildman–Crippen LogP) is 6.27. The molecule has 5 aromatic rings. The molecule has 0 saturated carbocycles. The molecule has 1 aliphatic heterocycles. The zero-order valence-electron chi connectivity index (χ0n) is 25.6. The highest BCUT2D eigenvalue weighted by Gasteiger charge is 2.23. The maximum absolute atomic E-state index is 15.3. The number of alkyl halides is 1. The van der Waals surface area contributed by atoms with Crippen LogP contribution >= 0.6 is 0 Å². The minimum Gasteiger partial charge on any atom is -0.495 e. The second-order valence-electron chi connectivity index (χ2n) is 10.8. The smallest absolute Gasteiger partial charge is 0.246 e. The zero-order valence-corrected chi connectivity index (χ0v) is 25.6. The maximum Gasteiger partial charge on any atom is 0.246 e. The molecule has 3 aromatic heterocycles. The molecule has 2 N–H and O–H groups in total. The Kier molecular flexibility index (Phi) is 9.18. The van der Waals surface area contributed by atoms with Crippen molar-refractivity contribution in [3.63, 3.8) is 0 Å². The summed E-state index contributed by atoms with van der Waals surface area (Å²) >= 11 is 0. The highest BCUT2D eigenvalue weighted by atomic mass is 19.1. The van der Waals surface area contributed by atoms with Crippen molar-refractivity contribution in [3.8, 4) is 23.1 Å². The van der Waals surface area contributed by atoms with Gasteiger partial charge in [0.15, 0.2) is 0 Å². The van der Waals surface area contributed by atoms with Gasteiger partial charge in [0.1, 0.15) is 42.0 Å². The number of piperidine rings is 1. The van der Waals surface area contributed by atoms with Crippen molar-refractivity contribution in [2.24, 2.45) is 0 Å². The van der Waals surface area contributed by atoms with Crippen molar-refractivity contribution in [1.29, 1.82) is 0 Å². The molecule has 0 atom stereocenters. The van der Waals surface area contributed by atoms with Gasteiger partial charge in [-0.2, -0.15) is 0 Å². The van der Waals surface area contributed by atoms with E-state index in [0.717, 1.165) is 0 Å². The molecule has 0 aliphatic carbocycles. The molecule has 0 spiro atoms. The van der Waals surface area contributed by atoms with E-state index in [0.29, 0.717) is 59.8 Å². The lowest BCUT2D eigenvalue weighted by atomic mass is 10.0. The Morgan fingerprint density at radius 1 is 1.04 bits per heavy atom. The lowest BCUT2D eigenvalue weighted by Gasteiger charge is -2.32. The number of likely N-dealkylation sites (tertiary alicyclic amines) is 1. The number of halogens is 3. The van der Waals surface area contributed by atoms with Crippen molar-refractivity contribution in [1.82, 2.24) is 29.6 Å². The van der Waals surface area contributed by atoms with Gasteiger partial charge in [-0.05, 0) is 44.0 Å². The van der Waals surface area contributed by atoms with Crippen molar-refractivity contribution in [2.45, 2.75) is 25.8 Å². The van der Waals surface area contributed by atoms with Crippen LogP contribution in [0.4, 0.5) is 30.4 Å². The summed E-state index contributed by atoms with van der Waals surface area (Å²) in [6, 6.07) is 10.9. The van der Waals surface area contributed by atoms with Crippen LogP contribution in [-0.4, -0.2) is 68.5 Å². The number of ether oxygens (including phenoxy) is 2. The molecule has 1 fully saturated rings. The van der Waals surface area contributed by atoms with Crippen LogP contribution in [0.15, 0.2) is 73.3 Å². The van der Waals surface area contributed by atoms with Crippen molar-refractivity contribution in [2.75, 3.05) is 37.5 Å². The largest absolute Gasteiger partial charge is 0.495 e. The van der Waals surface area contributed by atoms with Gasteiger partial charge in [0.05, 0.1) is 41.6 Å². The third-order valence-corrected chi connectivity index (χ3v) is 7.73. The highest BCUT2D eigenvalue weighted by Crippen LogP contribution is 2.35. The molecule has 1 saturated heterocycles. The maximum atomic E-state index is 15.3. The summed E-state index contributed by atoms with van der Waals surface area (Å²) in [4.78, 5) is 26.6. The number of pyridine rings is 1. The number of nitrogens with one attached hydrogen (secondary N) is 2. The Bertz CT molecular complexity index is 1940. The number of benzene rings is 2. The van der Waals surface area contributed by atoms with Gasteiger partial charge in [-0.15, -0.1) is 5.10 Å². The molecule has 4 heterocycles. The van der Waals surface area contributed by atoms with E-state index in [9.17, 15) is 13.6 Å². The number of carbonyl (C=O) groups is 1. The fourth-order valence-corrected chi connectivity index (χ4v) is 5.22. The number of anilines is 3. The van der Waals surface area contributed by atoms with Crippen LogP contribution in [0.3, 0.4) is 0 Å².